The monoisotopic (exact) mass is 354 g/mol. The van der Waals surface area contributed by atoms with Crippen LogP contribution in [0.15, 0.2) is 0 Å². The molecule has 0 saturated carbocycles. The van der Waals surface area contributed by atoms with Crippen LogP contribution in [0.25, 0.3) is 0 Å². The van der Waals surface area contributed by atoms with Crippen molar-refractivity contribution in [2.24, 2.45) is 5.92 Å². The van der Waals surface area contributed by atoms with Crippen molar-refractivity contribution in [1.29, 1.82) is 0 Å². The van der Waals surface area contributed by atoms with E-state index >= 15 is 0 Å². The smallest absolute Gasteiger partial charge is 0.0587 e. The quantitative estimate of drug-likeness (QED) is 0.340. The van der Waals surface area contributed by atoms with Crippen LogP contribution >= 0.6 is 0 Å². The lowest BCUT2D eigenvalue weighted by Crippen LogP contribution is -2.55. The van der Waals surface area contributed by atoms with Gasteiger partial charge in [-0.15, -0.1) is 0 Å². The van der Waals surface area contributed by atoms with E-state index in [0.29, 0.717) is 0 Å². The minimum Gasteiger partial charge on any atom is -0.383 e. The van der Waals surface area contributed by atoms with Crippen LogP contribution in [-0.4, -0.2) is 50.8 Å². The molecule has 0 spiro atoms. The fourth-order valence-electron chi connectivity index (χ4n) is 3.99. The summed E-state index contributed by atoms with van der Waals surface area (Å²) < 4.78 is 5.11. The molecule has 25 heavy (non-hydrogen) atoms. The Morgan fingerprint density at radius 2 is 1.44 bits per heavy atom. The molecule has 3 heteroatoms. The third kappa shape index (κ3) is 11.2. The maximum Gasteiger partial charge on any atom is 0.0587 e. The summed E-state index contributed by atoms with van der Waals surface area (Å²) in [5.74, 6) is 0.861. The Morgan fingerprint density at radius 3 is 1.96 bits per heavy atom. The highest BCUT2D eigenvalue weighted by molar-refractivity contribution is 4.86. The van der Waals surface area contributed by atoms with Crippen LogP contribution < -0.4 is 5.32 Å². The molecular formula is C22H46N2O. The second-order valence-corrected chi connectivity index (χ2v) is 8.08. The maximum absolute atomic E-state index is 5.11. The van der Waals surface area contributed by atoms with E-state index < -0.39 is 0 Å². The van der Waals surface area contributed by atoms with E-state index in [1.54, 1.807) is 7.11 Å². The topological polar surface area (TPSA) is 24.5 Å². The van der Waals surface area contributed by atoms with Crippen molar-refractivity contribution in [1.82, 2.24) is 10.2 Å². The fourth-order valence-corrected chi connectivity index (χ4v) is 3.99. The van der Waals surface area contributed by atoms with Crippen molar-refractivity contribution in [2.75, 3.05) is 39.9 Å². The number of unbranched alkanes of at least 4 members (excludes halogenated alkanes) is 8. The molecule has 0 unspecified atom stereocenters. The lowest BCUT2D eigenvalue weighted by Gasteiger charge is -2.45. The van der Waals surface area contributed by atoms with Gasteiger partial charge in [0.15, 0.2) is 0 Å². The summed E-state index contributed by atoms with van der Waals surface area (Å²) in [4.78, 5) is 2.78. The summed E-state index contributed by atoms with van der Waals surface area (Å²) in [7, 11) is 1.78. The number of hydrogen-bond acceptors (Lipinski definition) is 3. The molecule has 1 aliphatic heterocycles. The Labute approximate surface area is 158 Å². The molecule has 0 atom stereocenters. The van der Waals surface area contributed by atoms with Crippen LogP contribution in [0.2, 0.25) is 0 Å². The van der Waals surface area contributed by atoms with Gasteiger partial charge in [-0.05, 0) is 18.8 Å². The van der Waals surface area contributed by atoms with Gasteiger partial charge < -0.3 is 10.1 Å². The van der Waals surface area contributed by atoms with E-state index in [4.69, 9.17) is 4.74 Å². The summed E-state index contributed by atoms with van der Waals surface area (Å²) in [5.41, 5.74) is 0. The van der Waals surface area contributed by atoms with Crippen molar-refractivity contribution < 1.29 is 4.74 Å². The molecule has 1 heterocycles. The summed E-state index contributed by atoms with van der Waals surface area (Å²) in [6.45, 7) is 10.2. The van der Waals surface area contributed by atoms with Gasteiger partial charge in [0, 0.05) is 39.3 Å². The van der Waals surface area contributed by atoms with Crippen molar-refractivity contribution in [3.05, 3.63) is 0 Å². The standard InChI is InChI=1S/C22H46N2O/c1-4-6-8-10-12-14-22(15-13-11-9-7-5-2)24-19-21(20-24)18-23-16-17-25-3/h21-23H,4-20H2,1-3H3. The van der Waals surface area contributed by atoms with Crippen LogP contribution in [-0.2, 0) is 4.74 Å². The molecule has 150 valence electrons. The van der Waals surface area contributed by atoms with Gasteiger partial charge in [0.05, 0.1) is 6.61 Å². The summed E-state index contributed by atoms with van der Waals surface area (Å²) >= 11 is 0. The molecule has 0 bridgehead atoms. The number of rotatable bonds is 18. The van der Waals surface area contributed by atoms with Gasteiger partial charge in [0.2, 0.25) is 0 Å². The molecule has 0 aromatic rings. The van der Waals surface area contributed by atoms with Gasteiger partial charge in [-0.2, -0.15) is 0 Å². The number of ether oxygens (including phenoxy) is 1. The molecule has 1 fully saturated rings. The van der Waals surface area contributed by atoms with Gasteiger partial charge in [0.1, 0.15) is 0 Å². The van der Waals surface area contributed by atoms with Crippen molar-refractivity contribution in [3.63, 3.8) is 0 Å². The average molecular weight is 355 g/mol. The molecule has 0 aromatic heterocycles. The van der Waals surface area contributed by atoms with E-state index in [-0.39, 0.29) is 0 Å². The van der Waals surface area contributed by atoms with Crippen molar-refractivity contribution in [3.8, 4) is 0 Å². The van der Waals surface area contributed by atoms with Gasteiger partial charge in [0.25, 0.3) is 0 Å². The number of hydrogen-bond donors (Lipinski definition) is 1. The Morgan fingerprint density at radius 1 is 0.880 bits per heavy atom. The zero-order valence-electron chi connectivity index (χ0n) is 17.5. The molecule has 0 radical (unpaired) electrons. The summed E-state index contributed by atoms with van der Waals surface area (Å²) in [6, 6.07) is 0.860. The van der Waals surface area contributed by atoms with E-state index in [1.807, 2.05) is 0 Å². The second-order valence-electron chi connectivity index (χ2n) is 8.08. The SMILES string of the molecule is CCCCCCCC(CCCCCCC)N1CC(CNCCOC)C1. The van der Waals surface area contributed by atoms with E-state index in [1.165, 1.54) is 96.7 Å². The minimum atomic E-state index is 0.828. The minimum absolute atomic E-state index is 0.828. The summed E-state index contributed by atoms with van der Waals surface area (Å²) in [6.07, 6.45) is 17.0. The maximum atomic E-state index is 5.11. The second kappa shape index (κ2) is 16.1. The lowest BCUT2D eigenvalue weighted by molar-refractivity contribution is 0.0413. The first-order chi connectivity index (χ1) is 12.3. The van der Waals surface area contributed by atoms with E-state index in [2.05, 4.69) is 24.1 Å². The van der Waals surface area contributed by atoms with E-state index in [0.717, 1.165) is 25.1 Å². The zero-order valence-corrected chi connectivity index (χ0v) is 17.5. The normalized spacial score (nSPS) is 15.8. The van der Waals surface area contributed by atoms with Gasteiger partial charge in [-0.1, -0.05) is 78.1 Å². The zero-order chi connectivity index (χ0) is 18.2. The first-order valence-corrected chi connectivity index (χ1v) is 11.3. The molecular weight excluding hydrogens is 308 g/mol. The largest absolute Gasteiger partial charge is 0.383 e. The van der Waals surface area contributed by atoms with Crippen LogP contribution in [0.4, 0.5) is 0 Å². The van der Waals surface area contributed by atoms with Crippen LogP contribution in [0.3, 0.4) is 0 Å². The first-order valence-electron chi connectivity index (χ1n) is 11.3. The highest BCUT2D eigenvalue weighted by atomic mass is 16.5. The highest BCUT2D eigenvalue weighted by Gasteiger charge is 2.31. The number of likely N-dealkylation sites (tertiary alicyclic amines) is 1. The predicted molar refractivity (Wildman–Crippen MR) is 110 cm³/mol. The Hall–Kier alpha value is -0.120. The molecule has 0 aliphatic carbocycles. The number of nitrogens with zero attached hydrogens (tertiary/aromatic N) is 1. The van der Waals surface area contributed by atoms with Crippen molar-refractivity contribution >= 4 is 0 Å². The highest BCUT2D eigenvalue weighted by Crippen LogP contribution is 2.25. The fraction of sp³-hybridized carbons (Fsp3) is 1.00. The average Bonchev–Trinajstić information content (AvgIpc) is 2.58. The Kier molecular flexibility index (Phi) is 14.7. The summed E-state index contributed by atoms with van der Waals surface area (Å²) in [5, 5.41) is 3.53. The first kappa shape index (κ1) is 22.9. The van der Waals surface area contributed by atoms with Crippen LogP contribution in [0.5, 0.6) is 0 Å². The van der Waals surface area contributed by atoms with Gasteiger partial charge >= 0.3 is 0 Å². The van der Waals surface area contributed by atoms with Gasteiger partial charge in [-0.25, -0.2) is 0 Å². The molecule has 1 rings (SSSR count). The Balaban J connectivity index is 2.18. The lowest BCUT2D eigenvalue weighted by atomic mass is 9.92. The molecule has 1 N–H and O–H groups in total. The predicted octanol–water partition coefficient (Wildman–Crippen LogP) is 5.24. The van der Waals surface area contributed by atoms with Gasteiger partial charge in [-0.3, -0.25) is 4.90 Å². The third-order valence-electron chi connectivity index (χ3n) is 5.70. The molecule has 3 nitrogen and oxygen atoms in total. The van der Waals surface area contributed by atoms with Crippen molar-refractivity contribution in [2.45, 2.75) is 96.9 Å². The van der Waals surface area contributed by atoms with Crippen LogP contribution in [0.1, 0.15) is 90.9 Å². The number of nitrogens with one attached hydrogen (secondary N) is 1. The molecule has 1 aliphatic rings. The van der Waals surface area contributed by atoms with Crippen LogP contribution in [0, 0.1) is 5.92 Å². The third-order valence-corrected chi connectivity index (χ3v) is 5.70. The molecule has 0 amide bonds. The molecule has 0 aromatic carbocycles. The molecule has 1 saturated heterocycles. The number of methoxy groups -OCH3 is 1. The Bertz CT molecular complexity index is 265. The van der Waals surface area contributed by atoms with E-state index in [9.17, 15) is 0 Å².